The average Bonchev–Trinajstić information content (AvgIpc) is 2.95. The largest absolute Gasteiger partial charge is 0.443 e. The number of alkyl halides is 3. The molecule has 2 atom stereocenters. The van der Waals surface area contributed by atoms with E-state index in [4.69, 9.17) is 4.74 Å². The third-order valence-electron chi connectivity index (χ3n) is 4.53. The first-order chi connectivity index (χ1) is 13.2. The highest BCUT2D eigenvalue weighted by molar-refractivity contribution is 5.98. The zero-order chi connectivity index (χ0) is 22.1. The quantitative estimate of drug-likeness (QED) is 0.754. The minimum absolute atomic E-state index is 0.0766. The molecule has 3 amide bonds. The molecule has 29 heavy (non-hydrogen) atoms. The van der Waals surface area contributed by atoms with Crippen molar-refractivity contribution in [1.29, 1.82) is 0 Å². The van der Waals surface area contributed by atoms with E-state index in [9.17, 15) is 27.6 Å². The first-order valence-electron chi connectivity index (χ1n) is 9.14. The summed E-state index contributed by atoms with van der Waals surface area (Å²) in [7, 11) is 1.06. The number of ether oxygens (including phenoxy) is 1. The first kappa shape index (κ1) is 22.7. The van der Waals surface area contributed by atoms with Gasteiger partial charge in [-0.25, -0.2) is 9.69 Å². The lowest BCUT2D eigenvalue weighted by Crippen LogP contribution is -2.43. The zero-order valence-electron chi connectivity index (χ0n) is 17.0. The fraction of sp³-hybridized carbons (Fsp3) is 0.550. The topological polar surface area (TPSA) is 66.9 Å². The van der Waals surface area contributed by atoms with Crippen LogP contribution < -0.4 is 0 Å². The van der Waals surface area contributed by atoms with Gasteiger partial charge in [0, 0.05) is 20.0 Å². The molecule has 0 unspecified atom stereocenters. The molecule has 0 spiro atoms. The van der Waals surface area contributed by atoms with Crippen LogP contribution in [0.2, 0.25) is 0 Å². The molecule has 0 saturated carbocycles. The molecule has 1 fully saturated rings. The number of hydrogen-bond donors (Lipinski definition) is 0. The third-order valence-corrected chi connectivity index (χ3v) is 4.53. The van der Waals surface area contributed by atoms with Gasteiger partial charge in [0.25, 0.3) is 0 Å². The predicted octanol–water partition coefficient (Wildman–Crippen LogP) is 3.84. The minimum atomic E-state index is -4.70. The first-order valence-corrected chi connectivity index (χ1v) is 9.14. The van der Waals surface area contributed by atoms with Crippen LogP contribution in [-0.4, -0.2) is 53.1 Å². The van der Waals surface area contributed by atoms with Crippen LogP contribution in [0.4, 0.5) is 18.0 Å². The predicted molar refractivity (Wildman–Crippen MR) is 98.8 cm³/mol. The molecule has 160 valence electrons. The Morgan fingerprint density at radius 1 is 1.17 bits per heavy atom. The second-order valence-corrected chi connectivity index (χ2v) is 8.19. The number of benzene rings is 1. The number of likely N-dealkylation sites (tertiary alicyclic amines) is 1. The van der Waals surface area contributed by atoms with E-state index in [0.29, 0.717) is 4.90 Å². The molecule has 6 nitrogen and oxygen atoms in total. The van der Waals surface area contributed by atoms with Gasteiger partial charge in [-0.2, -0.15) is 13.2 Å². The van der Waals surface area contributed by atoms with Gasteiger partial charge in [0.2, 0.25) is 11.8 Å². The highest BCUT2D eigenvalue weighted by Crippen LogP contribution is 2.38. The monoisotopic (exact) mass is 414 g/mol. The summed E-state index contributed by atoms with van der Waals surface area (Å²) in [4.78, 5) is 38.4. The number of rotatable bonds is 3. The lowest BCUT2D eigenvalue weighted by molar-refractivity contribution is -0.190. The molecule has 2 rings (SSSR count). The van der Waals surface area contributed by atoms with Gasteiger partial charge in [-0.15, -0.1) is 0 Å². The van der Waals surface area contributed by atoms with Crippen molar-refractivity contribution in [2.45, 2.75) is 51.9 Å². The maximum absolute atomic E-state index is 13.7. The molecule has 0 aliphatic carbocycles. The molecule has 1 heterocycles. The van der Waals surface area contributed by atoms with E-state index < -0.39 is 41.6 Å². The van der Waals surface area contributed by atoms with Gasteiger partial charge >= 0.3 is 12.3 Å². The standard InChI is InChI=1S/C20H25F3N2O4/c1-12-6-8-13(9-7-12)16(20(21,22)23)24(5)17(27)14-10-15(26)25(11-14)18(28)29-19(2,3)4/h6-9,14,16H,10-11H2,1-5H3/t14-,16+/m1/s1. The number of carbonyl (C=O) groups is 3. The molecule has 1 aromatic rings. The third kappa shape index (κ3) is 5.48. The van der Waals surface area contributed by atoms with Crippen LogP contribution in [-0.2, 0) is 14.3 Å². The summed E-state index contributed by atoms with van der Waals surface area (Å²) < 4.78 is 46.3. The molecule has 0 aromatic heterocycles. The SMILES string of the molecule is Cc1ccc([C@H](N(C)C(=O)[C@@H]2CC(=O)N(C(=O)OC(C)(C)C)C2)C(F)(F)F)cc1. The average molecular weight is 414 g/mol. The van der Waals surface area contributed by atoms with Crippen molar-refractivity contribution in [3.63, 3.8) is 0 Å². The van der Waals surface area contributed by atoms with E-state index in [0.717, 1.165) is 17.5 Å². The summed E-state index contributed by atoms with van der Waals surface area (Å²) in [6, 6.07) is 3.57. The van der Waals surface area contributed by atoms with Gasteiger partial charge in [-0.1, -0.05) is 29.8 Å². The molecule has 1 aromatic carbocycles. The molecular weight excluding hydrogens is 389 g/mol. The van der Waals surface area contributed by atoms with E-state index in [1.54, 1.807) is 27.7 Å². The van der Waals surface area contributed by atoms with Crippen LogP contribution in [0.3, 0.4) is 0 Å². The van der Waals surface area contributed by atoms with Crippen LogP contribution >= 0.6 is 0 Å². The van der Waals surface area contributed by atoms with E-state index in [2.05, 4.69) is 0 Å². The number of carbonyl (C=O) groups excluding carboxylic acids is 3. The number of hydrogen-bond acceptors (Lipinski definition) is 4. The van der Waals surface area contributed by atoms with Crippen LogP contribution in [0, 0.1) is 12.8 Å². The fourth-order valence-corrected chi connectivity index (χ4v) is 3.16. The van der Waals surface area contributed by atoms with E-state index in [-0.39, 0.29) is 18.5 Å². The van der Waals surface area contributed by atoms with Gasteiger partial charge in [-0.05, 0) is 33.3 Å². The summed E-state index contributed by atoms with van der Waals surface area (Å²) in [6.07, 6.45) is -5.96. The van der Waals surface area contributed by atoms with Crippen molar-refractivity contribution >= 4 is 17.9 Å². The fourth-order valence-electron chi connectivity index (χ4n) is 3.16. The molecule has 1 aliphatic heterocycles. The number of imide groups is 1. The Balaban J connectivity index is 2.20. The molecule has 1 saturated heterocycles. The van der Waals surface area contributed by atoms with Crippen LogP contribution in [0.1, 0.15) is 44.4 Å². The van der Waals surface area contributed by atoms with Gasteiger partial charge < -0.3 is 9.64 Å². The van der Waals surface area contributed by atoms with Crippen LogP contribution in [0.5, 0.6) is 0 Å². The Labute approximate surface area is 167 Å². The van der Waals surface area contributed by atoms with E-state index in [1.807, 2.05) is 0 Å². The highest BCUT2D eigenvalue weighted by Gasteiger charge is 2.48. The van der Waals surface area contributed by atoms with E-state index >= 15 is 0 Å². The van der Waals surface area contributed by atoms with Crippen molar-refractivity contribution in [2.24, 2.45) is 5.92 Å². The lowest BCUT2D eigenvalue weighted by Gasteiger charge is -2.32. The molecule has 0 bridgehead atoms. The van der Waals surface area contributed by atoms with Crippen molar-refractivity contribution in [3.05, 3.63) is 35.4 Å². The zero-order valence-corrected chi connectivity index (χ0v) is 17.0. The maximum atomic E-state index is 13.7. The molecular formula is C20H25F3N2O4. The highest BCUT2D eigenvalue weighted by atomic mass is 19.4. The number of aryl methyl sites for hydroxylation is 1. The smallest absolute Gasteiger partial charge is 0.417 e. The summed E-state index contributed by atoms with van der Waals surface area (Å²) in [6.45, 7) is 6.30. The maximum Gasteiger partial charge on any atom is 0.417 e. The van der Waals surface area contributed by atoms with Crippen LogP contribution in [0.25, 0.3) is 0 Å². The van der Waals surface area contributed by atoms with E-state index in [1.165, 1.54) is 24.3 Å². The Morgan fingerprint density at radius 2 is 1.72 bits per heavy atom. The minimum Gasteiger partial charge on any atom is -0.443 e. The number of nitrogens with zero attached hydrogens (tertiary/aromatic N) is 2. The number of halogens is 3. The Morgan fingerprint density at radius 3 is 2.21 bits per heavy atom. The van der Waals surface area contributed by atoms with Crippen molar-refractivity contribution in [1.82, 2.24) is 9.80 Å². The molecule has 1 aliphatic rings. The van der Waals surface area contributed by atoms with Crippen molar-refractivity contribution in [2.75, 3.05) is 13.6 Å². The molecule has 0 radical (unpaired) electrons. The molecule has 0 N–H and O–H groups in total. The Kier molecular flexibility index (Phi) is 6.30. The lowest BCUT2D eigenvalue weighted by atomic mass is 10.0. The van der Waals surface area contributed by atoms with Gasteiger partial charge in [-0.3, -0.25) is 9.59 Å². The van der Waals surface area contributed by atoms with Gasteiger partial charge in [0.15, 0.2) is 6.04 Å². The summed E-state index contributed by atoms with van der Waals surface area (Å²) in [5.74, 6) is -2.56. The Hall–Kier alpha value is -2.58. The van der Waals surface area contributed by atoms with Crippen molar-refractivity contribution < 1.29 is 32.3 Å². The normalized spacial score (nSPS) is 18.6. The molecule has 9 heteroatoms. The van der Waals surface area contributed by atoms with Crippen molar-refractivity contribution in [3.8, 4) is 0 Å². The summed E-state index contributed by atoms with van der Waals surface area (Å²) in [5.41, 5.74) is -0.131. The summed E-state index contributed by atoms with van der Waals surface area (Å²) in [5, 5.41) is 0. The second-order valence-electron chi connectivity index (χ2n) is 8.19. The second kappa shape index (κ2) is 8.04. The van der Waals surface area contributed by atoms with Gasteiger partial charge in [0.05, 0.1) is 5.92 Å². The van der Waals surface area contributed by atoms with Crippen LogP contribution in [0.15, 0.2) is 24.3 Å². The summed E-state index contributed by atoms with van der Waals surface area (Å²) >= 11 is 0. The number of amides is 3. The van der Waals surface area contributed by atoms with Gasteiger partial charge in [0.1, 0.15) is 5.60 Å². The Bertz CT molecular complexity index is 784.